The molecule has 0 spiro atoms. The van der Waals surface area contributed by atoms with Gasteiger partial charge in [0.05, 0.1) is 17.8 Å². The van der Waals surface area contributed by atoms with Crippen molar-refractivity contribution in [2.24, 2.45) is 5.92 Å². The lowest BCUT2D eigenvalue weighted by Crippen LogP contribution is -2.57. The first kappa shape index (κ1) is 22.8. The summed E-state index contributed by atoms with van der Waals surface area (Å²) in [4.78, 5) is 13.3. The summed E-state index contributed by atoms with van der Waals surface area (Å²) in [5.74, 6) is 0.160. The number of ketones is 1. The minimum atomic E-state index is -4.46. The van der Waals surface area contributed by atoms with E-state index >= 15 is 0 Å². The molecule has 0 saturated carbocycles. The van der Waals surface area contributed by atoms with Crippen LogP contribution in [0.15, 0.2) is 36.5 Å². The Bertz CT molecular complexity index is 965. The average molecular weight is 449 g/mol. The summed E-state index contributed by atoms with van der Waals surface area (Å²) >= 11 is 0. The second-order valence-electron chi connectivity index (χ2n) is 10.5. The van der Waals surface area contributed by atoms with E-state index < -0.39 is 18.3 Å². The van der Waals surface area contributed by atoms with Crippen LogP contribution in [0, 0.1) is 5.92 Å². The second-order valence-corrected chi connectivity index (χ2v) is 10.5. The zero-order valence-electron chi connectivity index (χ0n) is 19.0. The van der Waals surface area contributed by atoms with E-state index in [-0.39, 0.29) is 40.6 Å². The molecule has 0 aliphatic carbocycles. The van der Waals surface area contributed by atoms with Gasteiger partial charge in [-0.3, -0.25) is 4.79 Å². The van der Waals surface area contributed by atoms with Crippen molar-refractivity contribution in [3.8, 4) is 0 Å². The van der Waals surface area contributed by atoms with Crippen LogP contribution in [-0.2, 0) is 0 Å². The lowest BCUT2D eigenvalue weighted by molar-refractivity contribution is -0.173. The quantitative estimate of drug-likeness (QED) is 0.592. The molecule has 2 atom stereocenters. The summed E-state index contributed by atoms with van der Waals surface area (Å²) in [5.41, 5.74) is 0.787. The molecule has 2 unspecified atom stereocenters. The molecule has 1 fully saturated rings. The van der Waals surface area contributed by atoms with Crippen LogP contribution in [0.3, 0.4) is 0 Å². The highest BCUT2D eigenvalue weighted by Gasteiger charge is 2.47. The highest BCUT2D eigenvalue weighted by molar-refractivity contribution is 6.00. The number of benzene rings is 1. The highest BCUT2D eigenvalue weighted by atomic mass is 19.4. The Morgan fingerprint density at radius 1 is 1.12 bits per heavy atom. The molecule has 1 aromatic heterocycles. The van der Waals surface area contributed by atoms with Crippen molar-refractivity contribution < 1.29 is 18.0 Å². The number of carbonyl (C=O) groups excluding carboxylic acids is 1. The van der Waals surface area contributed by atoms with Crippen LogP contribution >= 0.6 is 0 Å². The van der Waals surface area contributed by atoms with Crippen LogP contribution in [0.2, 0.25) is 0 Å². The van der Waals surface area contributed by atoms with E-state index in [1.807, 2.05) is 6.07 Å². The number of anilines is 1. The Morgan fingerprint density at radius 2 is 1.75 bits per heavy atom. The smallest absolute Gasteiger partial charge is 0.363 e. The number of alkyl halides is 3. The maximum absolute atomic E-state index is 13.9. The van der Waals surface area contributed by atoms with Crippen molar-refractivity contribution in [3.05, 3.63) is 47.7 Å². The summed E-state index contributed by atoms with van der Waals surface area (Å²) in [6.07, 6.45) is -1.38. The first-order valence-corrected chi connectivity index (χ1v) is 11.1. The number of rotatable bonds is 4. The molecule has 0 amide bonds. The zero-order valence-corrected chi connectivity index (χ0v) is 19.0. The molecule has 2 N–H and O–H groups in total. The number of Topliss-reactive ketones (excluding diaryl/α,β-unsaturated/α-hetero) is 1. The molecule has 0 radical (unpaired) electrons. The van der Waals surface area contributed by atoms with Gasteiger partial charge in [-0.2, -0.15) is 18.3 Å². The molecular formula is C24H31F3N4O. The number of hydrogen-bond acceptors (Lipinski definition) is 4. The van der Waals surface area contributed by atoms with Crippen LogP contribution in [0.4, 0.5) is 19.0 Å². The molecular weight excluding hydrogens is 417 g/mol. The third kappa shape index (κ3) is 4.70. The second kappa shape index (κ2) is 7.90. The Kier molecular flexibility index (Phi) is 5.64. The minimum absolute atomic E-state index is 0.108. The molecule has 2 aliphatic heterocycles. The van der Waals surface area contributed by atoms with E-state index in [4.69, 9.17) is 0 Å². The molecule has 2 aliphatic rings. The fraction of sp³-hybridized carbons (Fsp3) is 0.583. The molecule has 3 heterocycles. The molecule has 32 heavy (non-hydrogen) atoms. The number of aromatic nitrogens is 2. The number of piperidine rings is 1. The fourth-order valence-electron chi connectivity index (χ4n) is 5.72. The van der Waals surface area contributed by atoms with Crippen LogP contribution in [-0.4, -0.2) is 32.8 Å². The van der Waals surface area contributed by atoms with E-state index in [9.17, 15) is 18.0 Å². The first-order valence-electron chi connectivity index (χ1n) is 11.1. The lowest BCUT2D eigenvalue weighted by atomic mass is 9.74. The van der Waals surface area contributed by atoms with Gasteiger partial charge < -0.3 is 10.6 Å². The SMILES string of the molecule is CC1(C)CC(CC(=O)c2cnn3c2NC(c2ccccc2)CC3C(F)(F)F)CC(C)(C)N1. The Hall–Kier alpha value is -2.35. The van der Waals surface area contributed by atoms with Crippen LogP contribution in [0.25, 0.3) is 0 Å². The molecule has 2 aromatic rings. The van der Waals surface area contributed by atoms with E-state index in [2.05, 4.69) is 43.4 Å². The maximum atomic E-state index is 13.9. The molecule has 1 saturated heterocycles. The van der Waals surface area contributed by atoms with Gasteiger partial charge in [-0.05, 0) is 52.0 Å². The number of hydrogen-bond donors (Lipinski definition) is 2. The predicted octanol–water partition coefficient (Wildman–Crippen LogP) is 5.67. The normalized spacial score (nSPS) is 25.1. The largest absolute Gasteiger partial charge is 0.410 e. The van der Waals surface area contributed by atoms with Crippen molar-refractivity contribution in [1.29, 1.82) is 0 Å². The monoisotopic (exact) mass is 448 g/mol. The maximum Gasteiger partial charge on any atom is 0.410 e. The van der Waals surface area contributed by atoms with Gasteiger partial charge in [-0.15, -0.1) is 0 Å². The van der Waals surface area contributed by atoms with Gasteiger partial charge in [0, 0.05) is 23.9 Å². The van der Waals surface area contributed by atoms with Crippen LogP contribution in [0.5, 0.6) is 0 Å². The minimum Gasteiger partial charge on any atom is -0.363 e. The Labute approximate surface area is 186 Å². The molecule has 5 nitrogen and oxygen atoms in total. The molecule has 174 valence electrons. The fourth-order valence-corrected chi connectivity index (χ4v) is 5.72. The number of nitrogens with zero attached hydrogens (tertiary/aromatic N) is 2. The lowest BCUT2D eigenvalue weighted by Gasteiger charge is -2.46. The van der Waals surface area contributed by atoms with Gasteiger partial charge in [0.1, 0.15) is 5.82 Å². The van der Waals surface area contributed by atoms with Gasteiger partial charge in [-0.1, -0.05) is 30.3 Å². The number of carbonyl (C=O) groups is 1. The van der Waals surface area contributed by atoms with Gasteiger partial charge in [0.2, 0.25) is 0 Å². The Balaban J connectivity index is 1.62. The van der Waals surface area contributed by atoms with E-state index in [1.54, 1.807) is 24.3 Å². The van der Waals surface area contributed by atoms with E-state index in [0.29, 0.717) is 6.42 Å². The van der Waals surface area contributed by atoms with Gasteiger partial charge in [-0.25, -0.2) is 4.68 Å². The van der Waals surface area contributed by atoms with Crippen molar-refractivity contribution in [2.45, 2.75) is 82.7 Å². The summed E-state index contributed by atoms with van der Waals surface area (Å²) in [5, 5.41) is 10.8. The standard InChI is InChI=1S/C24H31F3N4O/c1-22(2)12-15(13-23(3,4)30-22)10-19(32)17-14-28-31-20(24(25,26)27)11-18(29-21(17)31)16-8-6-5-7-9-16/h5-9,14-15,18,20,29-30H,10-13H2,1-4H3. The topological polar surface area (TPSA) is 59.0 Å². The third-order valence-corrected chi connectivity index (χ3v) is 6.49. The van der Waals surface area contributed by atoms with Crippen molar-refractivity contribution in [3.63, 3.8) is 0 Å². The van der Waals surface area contributed by atoms with Gasteiger partial charge >= 0.3 is 6.18 Å². The van der Waals surface area contributed by atoms with E-state index in [1.165, 1.54) is 6.20 Å². The summed E-state index contributed by atoms with van der Waals surface area (Å²) in [6.45, 7) is 8.47. The van der Waals surface area contributed by atoms with Crippen molar-refractivity contribution in [2.75, 3.05) is 5.32 Å². The number of nitrogens with one attached hydrogen (secondary N) is 2. The van der Waals surface area contributed by atoms with Crippen LogP contribution < -0.4 is 10.6 Å². The average Bonchev–Trinajstić information content (AvgIpc) is 3.08. The molecule has 8 heteroatoms. The third-order valence-electron chi connectivity index (χ3n) is 6.49. The highest BCUT2D eigenvalue weighted by Crippen LogP contribution is 2.45. The van der Waals surface area contributed by atoms with E-state index in [0.717, 1.165) is 23.1 Å². The first-order chi connectivity index (χ1) is 14.8. The van der Waals surface area contributed by atoms with Crippen molar-refractivity contribution >= 4 is 11.6 Å². The Morgan fingerprint density at radius 3 is 2.34 bits per heavy atom. The molecule has 1 aromatic carbocycles. The molecule has 0 bridgehead atoms. The summed E-state index contributed by atoms with van der Waals surface area (Å²) in [7, 11) is 0. The predicted molar refractivity (Wildman–Crippen MR) is 118 cm³/mol. The van der Waals surface area contributed by atoms with Gasteiger partial charge in [0.25, 0.3) is 0 Å². The summed E-state index contributed by atoms with van der Waals surface area (Å²) in [6, 6.07) is 6.72. The summed E-state index contributed by atoms with van der Waals surface area (Å²) < 4.78 is 42.6. The molecule has 4 rings (SSSR count). The van der Waals surface area contributed by atoms with Crippen molar-refractivity contribution in [1.82, 2.24) is 15.1 Å². The number of fused-ring (bicyclic) bond motifs is 1. The number of halogens is 3. The zero-order chi connectivity index (χ0) is 23.3. The van der Waals surface area contributed by atoms with Crippen LogP contribution in [0.1, 0.15) is 81.4 Å². The van der Waals surface area contributed by atoms with Gasteiger partial charge in [0.15, 0.2) is 11.8 Å².